The van der Waals surface area contributed by atoms with E-state index < -0.39 is 56.8 Å². The predicted octanol–water partition coefficient (Wildman–Crippen LogP) is 1.86. The molecule has 1 saturated heterocycles. The summed E-state index contributed by atoms with van der Waals surface area (Å²) in [6.45, 7) is 5.42. The van der Waals surface area contributed by atoms with Crippen molar-refractivity contribution in [1.82, 2.24) is 24.6 Å². The van der Waals surface area contributed by atoms with Gasteiger partial charge in [0.05, 0.1) is 19.0 Å². The molecule has 224 valence electrons. The highest BCUT2D eigenvalue weighted by Gasteiger charge is 2.57. The van der Waals surface area contributed by atoms with E-state index in [-0.39, 0.29) is 35.3 Å². The van der Waals surface area contributed by atoms with E-state index in [2.05, 4.69) is 20.0 Å². The van der Waals surface area contributed by atoms with Gasteiger partial charge in [0.25, 0.3) is 5.85 Å². The van der Waals surface area contributed by atoms with Crippen LogP contribution in [0.4, 0.5) is 10.3 Å². The highest BCUT2D eigenvalue weighted by molar-refractivity contribution is 7.52. The average molecular weight is 599 g/mol. The summed E-state index contributed by atoms with van der Waals surface area (Å²) in [5, 5.41) is 23.8. The minimum Gasteiger partial charge on any atom is -0.476 e. The van der Waals surface area contributed by atoms with Gasteiger partial charge in [0, 0.05) is 0 Å². The number of aliphatic hydroxyl groups excluding tert-OH is 2. The zero-order valence-corrected chi connectivity index (χ0v) is 23.6. The van der Waals surface area contributed by atoms with E-state index in [4.69, 9.17) is 29.0 Å². The largest absolute Gasteiger partial charge is 0.476 e. The van der Waals surface area contributed by atoms with Crippen LogP contribution in [-0.2, 0) is 23.4 Å². The van der Waals surface area contributed by atoms with Gasteiger partial charge in [-0.25, -0.2) is 13.9 Å². The number of rotatable bonds is 12. The number of imidazole rings is 1. The summed E-state index contributed by atoms with van der Waals surface area (Å²) in [4.78, 5) is 24.5. The Morgan fingerprint density at radius 3 is 2.63 bits per heavy atom. The molecule has 0 radical (unpaired) electrons. The average Bonchev–Trinajstić information content (AvgIpc) is 3.42. The maximum atomic E-state index is 16.0. The number of hydrogen-bond acceptors (Lipinski definition) is 13. The monoisotopic (exact) mass is 598 g/mol. The first-order chi connectivity index (χ1) is 19.4. The molecule has 0 bridgehead atoms. The van der Waals surface area contributed by atoms with Gasteiger partial charge in [-0.1, -0.05) is 18.2 Å². The van der Waals surface area contributed by atoms with Crippen molar-refractivity contribution in [3.8, 4) is 11.6 Å². The van der Waals surface area contributed by atoms with Crippen molar-refractivity contribution >= 4 is 30.8 Å². The van der Waals surface area contributed by atoms with Crippen LogP contribution in [0.3, 0.4) is 0 Å². The molecular formula is C24H32FN6O9P. The number of anilines is 1. The van der Waals surface area contributed by atoms with Crippen molar-refractivity contribution in [2.75, 3.05) is 18.9 Å². The fourth-order valence-corrected chi connectivity index (χ4v) is 5.43. The van der Waals surface area contributed by atoms with Crippen LogP contribution in [0, 0.1) is 0 Å². The quantitative estimate of drug-likeness (QED) is 0.174. The van der Waals surface area contributed by atoms with E-state index in [1.807, 2.05) is 0 Å². The lowest BCUT2D eigenvalue weighted by molar-refractivity contribution is -0.202. The fraction of sp³-hybridized carbons (Fsp3) is 0.500. The van der Waals surface area contributed by atoms with Gasteiger partial charge in [-0.05, 0) is 39.8 Å². The number of nitrogens with two attached hydrogens (primary N) is 1. The van der Waals surface area contributed by atoms with Gasteiger partial charge in [0.15, 0.2) is 17.4 Å². The summed E-state index contributed by atoms with van der Waals surface area (Å²) in [5.74, 6) is -3.89. The molecule has 1 aromatic carbocycles. The normalized spacial score (nSPS) is 24.7. The summed E-state index contributed by atoms with van der Waals surface area (Å²) in [6.07, 6.45) is -4.86. The van der Waals surface area contributed by atoms with Crippen molar-refractivity contribution in [3.05, 3.63) is 36.7 Å². The van der Waals surface area contributed by atoms with Crippen molar-refractivity contribution in [3.63, 3.8) is 0 Å². The highest BCUT2D eigenvalue weighted by atomic mass is 31.2. The van der Waals surface area contributed by atoms with Gasteiger partial charge in [-0.2, -0.15) is 15.1 Å². The molecule has 1 aliphatic heterocycles. The minimum atomic E-state index is -4.51. The van der Waals surface area contributed by atoms with Crippen LogP contribution < -0.4 is 20.1 Å². The van der Waals surface area contributed by atoms with Crippen LogP contribution in [0.1, 0.15) is 33.9 Å². The van der Waals surface area contributed by atoms with Gasteiger partial charge in [-0.15, -0.1) is 0 Å². The first-order valence-electron chi connectivity index (χ1n) is 12.7. The number of halogens is 1. The zero-order valence-electron chi connectivity index (χ0n) is 22.7. The number of nitrogen functional groups attached to an aromatic ring is 1. The van der Waals surface area contributed by atoms with Gasteiger partial charge >= 0.3 is 13.7 Å². The maximum Gasteiger partial charge on any atom is 0.459 e. The molecule has 1 fully saturated rings. The van der Waals surface area contributed by atoms with Gasteiger partial charge in [0.2, 0.25) is 11.8 Å². The molecule has 3 aromatic rings. The van der Waals surface area contributed by atoms with Crippen LogP contribution in [0.5, 0.6) is 11.6 Å². The molecule has 5 N–H and O–H groups in total. The molecule has 0 spiro atoms. The van der Waals surface area contributed by atoms with Crippen LogP contribution in [0.25, 0.3) is 11.2 Å². The number of ether oxygens (including phenoxy) is 3. The summed E-state index contributed by atoms with van der Waals surface area (Å²) in [6, 6.07) is 6.62. The number of para-hydroxylation sites is 1. The number of fused-ring (bicyclic) bond motifs is 1. The van der Waals surface area contributed by atoms with E-state index in [0.717, 1.165) is 4.57 Å². The molecule has 1 aliphatic rings. The van der Waals surface area contributed by atoms with E-state index >= 15 is 4.39 Å². The van der Waals surface area contributed by atoms with Crippen molar-refractivity contribution in [1.29, 1.82) is 0 Å². The number of aromatic nitrogens is 4. The van der Waals surface area contributed by atoms with Gasteiger partial charge in [0.1, 0.15) is 30.6 Å². The number of alkyl halides is 1. The lowest BCUT2D eigenvalue weighted by Crippen LogP contribution is -2.44. The molecule has 6 atom stereocenters. The smallest absolute Gasteiger partial charge is 0.459 e. The Morgan fingerprint density at radius 1 is 1.27 bits per heavy atom. The third-order valence-electron chi connectivity index (χ3n) is 5.79. The standard InChI is InChI=1S/C24H32FN6O9P/c1-5-36-20-16-19(28-23(26)29-20)31(12-27-16)21-17(32)18(33)24(25,39-21)11-37-41(35,40-15-9-7-6-8-10-15)30-14(4)22(34)38-13(2)3/h6-10,12-14,17-18,21,32-33H,5,11H2,1-4H3,(H,30,35)(H2,26,28,29). The first kappa shape index (κ1) is 30.6. The lowest BCUT2D eigenvalue weighted by Gasteiger charge is -2.27. The fourth-order valence-electron chi connectivity index (χ4n) is 3.93. The minimum absolute atomic E-state index is 0.0413. The molecule has 17 heteroatoms. The number of nitrogens with one attached hydrogen (secondary N) is 1. The number of aliphatic hydroxyl groups is 2. The Hall–Kier alpha value is -3.40. The second kappa shape index (κ2) is 12.2. The molecule has 2 aromatic heterocycles. The predicted molar refractivity (Wildman–Crippen MR) is 141 cm³/mol. The molecule has 41 heavy (non-hydrogen) atoms. The van der Waals surface area contributed by atoms with Crippen molar-refractivity contribution in [2.24, 2.45) is 0 Å². The number of esters is 1. The molecule has 4 rings (SSSR count). The molecule has 3 heterocycles. The zero-order chi connectivity index (χ0) is 29.9. The summed E-state index contributed by atoms with van der Waals surface area (Å²) < 4.78 is 57.7. The van der Waals surface area contributed by atoms with E-state index in [1.54, 1.807) is 39.0 Å². The molecule has 0 aliphatic carbocycles. The molecule has 0 saturated carbocycles. The third-order valence-corrected chi connectivity index (χ3v) is 7.42. The Bertz CT molecular complexity index is 1410. The summed E-state index contributed by atoms with van der Waals surface area (Å²) in [7, 11) is -4.51. The number of carbonyl (C=O) groups excluding carboxylic acids is 1. The Kier molecular flexibility index (Phi) is 9.11. The van der Waals surface area contributed by atoms with Crippen molar-refractivity contribution in [2.45, 2.75) is 64.1 Å². The van der Waals surface area contributed by atoms with Gasteiger partial charge in [-0.3, -0.25) is 13.9 Å². The van der Waals surface area contributed by atoms with Crippen LogP contribution in [-0.4, -0.2) is 79.1 Å². The number of benzene rings is 1. The second-order valence-corrected chi connectivity index (χ2v) is 11.1. The molecule has 0 amide bonds. The molecule has 6 unspecified atom stereocenters. The van der Waals surface area contributed by atoms with Crippen LogP contribution >= 0.6 is 7.75 Å². The lowest BCUT2D eigenvalue weighted by atomic mass is 10.1. The Labute approximate surface area is 234 Å². The first-order valence-corrected chi connectivity index (χ1v) is 14.2. The van der Waals surface area contributed by atoms with E-state index in [0.29, 0.717) is 0 Å². The Morgan fingerprint density at radius 2 is 1.98 bits per heavy atom. The summed E-state index contributed by atoms with van der Waals surface area (Å²) in [5.41, 5.74) is 5.97. The van der Waals surface area contributed by atoms with E-state index in [1.165, 1.54) is 25.4 Å². The molecular weight excluding hydrogens is 566 g/mol. The van der Waals surface area contributed by atoms with Crippen LogP contribution in [0.2, 0.25) is 0 Å². The summed E-state index contributed by atoms with van der Waals surface area (Å²) >= 11 is 0. The third kappa shape index (κ3) is 6.74. The van der Waals surface area contributed by atoms with Crippen LogP contribution in [0.15, 0.2) is 36.7 Å². The number of carbonyl (C=O) groups is 1. The molecule has 15 nitrogen and oxygen atoms in total. The highest BCUT2D eigenvalue weighted by Crippen LogP contribution is 2.48. The SMILES string of the molecule is CCOc1nc(N)nc2c1ncn2C1OC(F)(COP(=O)(NC(C)C(=O)OC(C)C)Oc2ccccc2)C(O)C1O. The maximum absolute atomic E-state index is 16.0. The number of nitrogens with zero attached hydrogens (tertiary/aromatic N) is 4. The number of hydrogen-bond donors (Lipinski definition) is 4. The van der Waals surface area contributed by atoms with E-state index in [9.17, 15) is 19.6 Å². The second-order valence-electron chi connectivity index (χ2n) is 9.39. The van der Waals surface area contributed by atoms with Gasteiger partial charge < -0.3 is 34.7 Å². The van der Waals surface area contributed by atoms with Crippen molar-refractivity contribution < 1.29 is 47.2 Å². The topological polar surface area (TPSA) is 202 Å². The Balaban J connectivity index is 1.57.